The fraction of sp³-hybridized carbons (Fsp3) is 0.947. The van der Waals surface area contributed by atoms with Gasteiger partial charge in [-0.25, -0.2) is 0 Å². The summed E-state index contributed by atoms with van der Waals surface area (Å²) >= 11 is 0. The van der Waals surface area contributed by atoms with Crippen LogP contribution in [-0.2, 0) is 52.3 Å². The van der Waals surface area contributed by atoms with E-state index in [9.17, 15) is 19.2 Å². The van der Waals surface area contributed by atoms with Gasteiger partial charge in [0.15, 0.2) is 18.9 Å². The monoisotopic (exact) mass is 1220 g/mol. The number of esters is 4. The molecule has 11 nitrogen and oxygen atoms in total. The number of carbonyl (C=O) groups is 4. The van der Waals surface area contributed by atoms with E-state index in [-0.39, 0.29) is 94.3 Å². The maximum absolute atomic E-state index is 12.2. The van der Waals surface area contributed by atoms with E-state index in [1.807, 2.05) is 104 Å². The Bertz CT molecular complexity index is 1970. The Balaban J connectivity index is 0. The first-order chi connectivity index (χ1) is 36.5. The molecule has 11 aliphatic rings. The Morgan fingerprint density at radius 3 is 1.16 bits per heavy atom. The summed E-state index contributed by atoms with van der Waals surface area (Å²) in [7, 11) is 0. The lowest BCUT2D eigenvalue weighted by Crippen LogP contribution is -2.50. The molecule has 0 heterocycles. The van der Waals surface area contributed by atoms with Crippen molar-refractivity contribution < 1.29 is 52.3 Å². The molecule has 86 heavy (non-hydrogen) atoms. The van der Waals surface area contributed by atoms with Crippen molar-refractivity contribution >= 4 is 23.9 Å². The lowest BCUT2D eigenvalue weighted by atomic mass is 9.55. The summed E-state index contributed by atoms with van der Waals surface area (Å²) in [5, 5.41) is 0. The van der Waals surface area contributed by atoms with Gasteiger partial charge in [-0.1, -0.05) is 99.9 Å². The molecule has 0 saturated heterocycles. The van der Waals surface area contributed by atoms with Crippen molar-refractivity contribution in [2.24, 2.45) is 98.6 Å². The summed E-state index contributed by atoms with van der Waals surface area (Å²) in [6.07, 6.45) is 26.8. The molecule has 0 amide bonds. The van der Waals surface area contributed by atoms with Gasteiger partial charge >= 0.3 is 23.9 Å². The topological polar surface area (TPSA) is 133 Å². The van der Waals surface area contributed by atoms with Crippen LogP contribution in [0.5, 0.6) is 0 Å². The summed E-state index contributed by atoms with van der Waals surface area (Å²) in [6, 6.07) is 0. The van der Waals surface area contributed by atoms with Crippen molar-refractivity contribution in [3.8, 4) is 0 Å². The third-order valence-electron chi connectivity index (χ3n) is 22.8. The van der Waals surface area contributed by atoms with Crippen LogP contribution in [0, 0.1) is 98.6 Å². The van der Waals surface area contributed by atoms with E-state index in [1.54, 1.807) is 0 Å². The molecule has 10 bridgehead atoms. The zero-order valence-corrected chi connectivity index (χ0v) is 52.5. The van der Waals surface area contributed by atoms with Gasteiger partial charge in [0, 0.05) is 0 Å². The minimum absolute atomic E-state index is 0. The van der Waals surface area contributed by atoms with E-state index in [0.717, 1.165) is 85.4 Å². The predicted molar refractivity (Wildman–Crippen MR) is 360 cm³/mol. The molecule has 11 fully saturated rings. The highest BCUT2D eigenvalue weighted by Crippen LogP contribution is 2.68. The summed E-state index contributed by atoms with van der Waals surface area (Å²) in [6.45, 7) is 33.3. The maximum Gasteiger partial charge on any atom is 0.313 e. The first-order valence-corrected chi connectivity index (χ1v) is 32.3. The van der Waals surface area contributed by atoms with Gasteiger partial charge in [0.25, 0.3) is 0 Å². The Hall–Kier alpha value is -2.24. The molecule has 0 aliphatic heterocycles. The molecule has 0 aromatic carbocycles. The molecule has 0 N–H and O–H groups in total. The second-order valence-electron chi connectivity index (χ2n) is 30.3. The van der Waals surface area contributed by atoms with Crippen LogP contribution >= 0.6 is 0 Å². The maximum atomic E-state index is 12.2. The predicted octanol–water partition coefficient (Wildman–Crippen LogP) is 21.1. The van der Waals surface area contributed by atoms with Crippen molar-refractivity contribution in [1.82, 2.24) is 0 Å². The molecular weight excluding hydrogens is 1080 g/mol. The van der Waals surface area contributed by atoms with Crippen LogP contribution < -0.4 is 0 Å². The lowest BCUT2D eigenvalue weighted by molar-refractivity contribution is -0.224. The van der Waals surface area contributed by atoms with E-state index in [0.29, 0.717) is 42.0 Å². The Kier molecular flexibility index (Phi) is 34.9. The SMILES string of the molecule is C.C.C.C.C.C.C.C.CCC(C)(C)C(=O)OC(C)(C)C1CCCC1.CCC(C)(C)C(=O)OC(C)OC1C2CC3CC(C2)CC1C3.CCC(C)(C)C(=O)OC(C)OC1CC2CC1C1C3CCC(C3)C21.CCC(C)(C)C(=O)OC(C)OC1CC2CCC1C2. The number of rotatable bonds is 19. The van der Waals surface area contributed by atoms with Gasteiger partial charge in [0.1, 0.15) is 5.60 Å². The zero-order chi connectivity index (χ0) is 57.3. The van der Waals surface area contributed by atoms with E-state index < -0.39 is 35.1 Å². The Morgan fingerprint density at radius 2 is 0.756 bits per heavy atom. The zero-order valence-electron chi connectivity index (χ0n) is 52.5. The third-order valence-corrected chi connectivity index (χ3v) is 22.8. The molecule has 13 atom stereocenters. The van der Waals surface area contributed by atoms with Gasteiger partial charge in [-0.05, 0) is 295 Å². The number of hydrogen-bond donors (Lipinski definition) is 0. The number of hydrogen-bond acceptors (Lipinski definition) is 11. The fourth-order valence-electron chi connectivity index (χ4n) is 16.5. The van der Waals surface area contributed by atoms with Gasteiger partial charge in [0.2, 0.25) is 0 Å². The van der Waals surface area contributed by atoms with Gasteiger partial charge in [-0.3, -0.25) is 19.2 Å². The highest BCUT2D eigenvalue weighted by atomic mass is 16.7. The molecule has 0 radical (unpaired) electrons. The van der Waals surface area contributed by atoms with Crippen molar-refractivity contribution in [1.29, 1.82) is 0 Å². The first-order valence-electron chi connectivity index (χ1n) is 32.3. The van der Waals surface area contributed by atoms with Crippen LogP contribution in [0.15, 0.2) is 0 Å². The van der Waals surface area contributed by atoms with Crippen LogP contribution in [0.25, 0.3) is 0 Å². The molecular formula is C75H146O11. The molecule has 11 saturated carbocycles. The second-order valence-corrected chi connectivity index (χ2v) is 30.3. The van der Waals surface area contributed by atoms with Crippen LogP contribution in [0.3, 0.4) is 0 Å². The second kappa shape index (κ2) is 35.0. The van der Waals surface area contributed by atoms with Crippen molar-refractivity contribution in [3.05, 3.63) is 0 Å². The fourth-order valence-corrected chi connectivity index (χ4v) is 16.5. The number of carbonyl (C=O) groups excluding carboxylic acids is 4. The van der Waals surface area contributed by atoms with Crippen molar-refractivity contribution in [2.45, 2.75) is 361 Å². The normalized spacial score (nSPS) is 32.0. The first kappa shape index (κ1) is 85.8. The lowest BCUT2D eigenvalue weighted by Gasteiger charge is -2.54. The van der Waals surface area contributed by atoms with E-state index in [1.165, 1.54) is 109 Å². The third kappa shape index (κ3) is 20.4. The van der Waals surface area contributed by atoms with E-state index in [2.05, 4.69) is 13.8 Å². The minimum Gasteiger partial charge on any atom is -0.459 e. The van der Waals surface area contributed by atoms with Gasteiger partial charge < -0.3 is 33.2 Å². The van der Waals surface area contributed by atoms with Crippen LogP contribution in [0.1, 0.15) is 318 Å². The van der Waals surface area contributed by atoms with Crippen molar-refractivity contribution in [3.63, 3.8) is 0 Å². The van der Waals surface area contributed by atoms with Crippen LogP contribution in [0.4, 0.5) is 0 Å². The Morgan fingerprint density at radius 1 is 0.372 bits per heavy atom. The van der Waals surface area contributed by atoms with Crippen LogP contribution in [-0.4, -0.2) is 66.7 Å². The largest absolute Gasteiger partial charge is 0.459 e. The summed E-state index contributed by atoms with van der Waals surface area (Å²) in [5.74, 6) is 10.5. The standard InChI is InChI=1S/C20H32O3.C18H30O3.C15H26O3.C14H26O2.8CH4/c1-5-20(3,4)19(21)23-11(2)22-16-10-14-9-15(16)18-13-7-6-12(8-13)17(14)18;1-5-18(3,4)17(19)21-11(2)20-16-14-7-12-6-13(9-14)10-15(16)8-12;1-5-15(3,4)14(16)18-10(2)17-13-9-11-6-7-12(13)8-11;1-6-13(2,3)12(15)16-14(4,5)11-9-7-8-10-11;;;;;;;;/h11-18H,5-10H2,1-4H3;11-16H,5-10H2,1-4H3;10-13H,5-9H2,1-4H3;11H,6-10H2,1-5H3;8*1H4. The van der Waals surface area contributed by atoms with Crippen molar-refractivity contribution in [2.75, 3.05) is 0 Å². The molecule has 11 rings (SSSR count). The highest BCUT2D eigenvalue weighted by molar-refractivity contribution is 5.77. The molecule has 512 valence electrons. The number of fused-ring (bicyclic) bond motifs is 11. The smallest absolute Gasteiger partial charge is 0.313 e. The molecule has 0 aromatic rings. The highest BCUT2D eigenvalue weighted by Gasteiger charge is 2.63. The average Bonchev–Trinajstić information content (AvgIpc) is 1.71. The average molecular weight is 1220 g/mol. The molecule has 11 heteroatoms. The number of ether oxygens (including phenoxy) is 7. The Labute approximate surface area is 533 Å². The summed E-state index contributed by atoms with van der Waals surface area (Å²) in [4.78, 5) is 48.4. The quantitative estimate of drug-likeness (QED) is 0.0530. The molecule has 11 aliphatic carbocycles. The van der Waals surface area contributed by atoms with E-state index in [4.69, 9.17) is 33.2 Å². The van der Waals surface area contributed by atoms with Gasteiger partial charge in [-0.15, -0.1) is 0 Å². The molecule has 0 spiro atoms. The summed E-state index contributed by atoms with van der Waals surface area (Å²) < 4.78 is 40.6. The van der Waals surface area contributed by atoms with Crippen LogP contribution in [0.2, 0.25) is 0 Å². The van der Waals surface area contributed by atoms with Gasteiger partial charge in [-0.2, -0.15) is 0 Å². The van der Waals surface area contributed by atoms with E-state index >= 15 is 0 Å². The van der Waals surface area contributed by atoms with Gasteiger partial charge in [0.05, 0.1) is 40.0 Å². The molecule has 0 aromatic heterocycles. The summed E-state index contributed by atoms with van der Waals surface area (Å²) in [5.41, 5.74) is -1.88. The minimum atomic E-state index is -0.415. The molecule has 13 unspecified atom stereocenters.